The Balaban J connectivity index is 1.52. The van der Waals surface area contributed by atoms with Crippen LogP contribution in [0.3, 0.4) is 0 Å². The summed E-state index contributed by atoms with van der Waals surface area (Å²) in [6.07, 6.45) is 9.81. The van der Waals surface area contributed by atoms with Gasteiger partial charge in [0.15, 0.2) is 0 Å². The Morgan fingerprint density at radius 3 is 2.58 bits per heavy atom. The fraction of sp³-hybridized carbons (Fsp3) is 0.476. The van der Waals surface area contributed by atoms with Gasteiger partial charge in [-0.15, -0.1) is 0 Å². The number of hydrogen-bond donors (Lipinski definition) is 0. The van der Waals surface area contributed by atoms with E-state index >= 15 is 0 Å². The maximum Gasteiger partial charge on any atom is 0.212 e. The molecule has 1 unspecified atom stereocenters. The molecule has 0 saturated carbocycles. The number of likely N-dealkylation sites (tertiary alicyclic amines) is 1. The van der Waals surface area contributed by atoms with Gasteiger partial charge in [-0.1, -0.05) is 24.6 Å². The molecule has 0 N–H and O–H groups in total. The second-order valence-electron chi connectivity index (χ2n) is 7.07. The van der Waals surface area contributed by atoms with E-state index in [0.717, 1.165) is 11.6 Å². The smallest absolute Gasteiger partial charge is 0.212 e. The first-order valence-corrected chi connectivity index (χ1v) is 9.20. The molecule has 1 aliphatic carbocycles. The molecule has 1 aliphatic heterocycles. The van der Waals surface area contributed by atoms with Crippen LogP contribution in [0.15, 0.2) is 36.5 Å². The van der Waals surface area contributed by atoms with Crippen LogP contribution >= 0.6 is 0 Å². The summed E-state index contributed by atoms with van der Waals surface area (Å²) >= 11 is 0. The van der Waals surface area contributed by atoms with E-state index in [0.29, 0.717) is 5.88 Å². The van der Waals surface area contributed by atoms with Gasteiger partial charge in [-0.3, -0.25) is 0 Å². The Hall–Kier alpha value is -1.87. The Kier molecular flexibility index (Phi) is 4.52. The molecule has 126 valence electrons. The summed E-state index contributed by atoms with van der Waals surface area (Å²) < 4.78 is 5.15. The van der Waals surface area contributed by atoms with Crippen molar-refractivity contribution in [2.45, 2.75) is 44.6 Å². The van der Waals surface area contributed by atoms with Crippen molar-refractivity contribution >= 4 is 0 Å². The first-order chi connectivity index (χ1) is 11.8. The molecule has 1 fully saturated rings. The second kappa shape index (κ2) is 6.94. The molecule has 2 aliphatic rings. The van der Waals surface area contributed by atoms with Crippen LogP contribution in [0.2, 0.25) is 0 Å². The minimum atomic E-state index is 0.668. The average Bonchev–Trinajstić information content (AvgIpc) is 2.68. The summed E-state index contributed by atoms with van der Waals surface area (Å²) in [5.74, 6) is 0.668. The van der Waals surface area contributed by atoms with E-state index in [-0.39, 0.29) is 0 Å². The summed E-state index contributed by atoms with van der Waals surface area (Å²) in [6, 6.07) is 11.7. The second-order valence-corrected chi connectivity index (χ2v) is 7.07. The van der Waals surface area contributed by atoms with Gasteiger partial charge in [0.25, 0.3) is 0 Å². The van der Waals surface area contributed by atoms with Crippen molar-refractivity contribution < 1.29 is 4.74 Å². The number of hydrogen-bond acceptors (Lipinski definition) is 3. The lowest BCUT2D eigenvalue weighted by atomic mass is 9.85. The van der Waals surface area contributed by atoms with Crippen LogP contribution in [0.5, 0.6) is 5.88 Å². The van der Waals surface area contributed by atoms with E-state index in [4.69, 9.17) is 4.74 Å². The first kappa shape index (κ1) is 15.6. The third kappa shape index (κ3) is 3.18. The molecule has 0 amide bonds. The third-order valence-electron chi connectivity index (χ3n) is 5.59. The fourth-order valence-electron chi connectivity index (χ4n) is 4.18. The normalized spacial score (nSPS) is 21.3. The standard InChI is InChI=1S/C21H26N2O/c1-24-21-10-8-19(15-22-21)17-5-6-18-14-20(9-7-16(18)13-17)23-11-3-2-4-12-23/h5-6,8,10,13,15,20H,2-4,7,9,11-12,14H2,1H3. The van der Waals surface area contributed by atoms with Crippen molar-refractivity contribution in [3.8, 4) is 17.0 Å². The lowest BCUT2D eigenvalue weighted by molar-refractivity contribution is 0.150. The molecule has 1 saturated heterocycles. The summed E-state index contributed by atoms with van der Waals surface area (Å²) in [6.45, 7) is 2.60. The predicted octanol–water partition coefficient (Wildman–Crippen LogP) is 4.10. The highest BCUT2D eigenvalue weighted by molar-refractivity contribution is 5.64. The zero-order valence-electron chi connectivity index (χ0n) is 14.5. The molecular weight excluding hydrogens is 296 g/mol. The monoisotopic (exact) mass is 322 g/mol. The van der Waals surface area contributed by atoms with Gasteiger partial charge in [-0.05, 0) is 68.0 Å². The molecule has 3 nitrogen and oxygen atoms in total. The molecule has 3 heteroatoms. The van der Waals surface area contributed by atoms with E-state index in [1.807, 2.05) is 12.3 Å². The van der Waals surface area contributed by atoms with Crippen LogP contribution in [0.4, 0.5) is 0 Å². The number of ether oxygens (including phenoxy) is 1. The summed E-state index contributed by atoms with van der Waals surface area (Å²) in [7, 11) is 1.65. The number of benzene rings is 1. The molecule has 4 rings (SSSR count). The van der Waals surface area contributed by atoms with E-state index in [2.05, 4.69) is 34.1 Å². The fourth-order valence-corrected chi connectivity index (χ4v) is 4.18. The van der Waals surface area contributed by atoms with Crippen molar-refractivity contribution in [1.29, 1.82) is 0 Å². The van der Waals surface area contributed by atoms with Crippen molar-refractivity contribution in [2.75, 3.05) is 20.2 Å². The molecule has 24 heavy (non-hydrogen) atoms. The molecule has 0 radical (unpaired) electrons. The molecule has 1 aromatic carbocycles. The number of pyridine rings is 1. The van der Waals surface area contributed by atoms with Crippen LogP contribution in [0.1, 0.15) is 36.8 Å². The minimum absolute atomic E-state index is 0.668. The van der Waals surface area contributed by atoms with E-state index in [1.54, 1.807) is 12.7 Å². The lowest BCUT2D eigenvalue weighted by Crippen LogP contribution is -2.42. The quantitative estimate of drug-likeness (QED) is 0.850. The highest BCUT2D eigenvalue weighted by Gasteiger charge is 2.25. The number of rotatable bonds is 3. The highest BCUT2D eigenvalue weighted by atomic mass is 16.5. The Labute approximate surface area is 144 Å². The molecule has 1 aromatic heterocycles. The Morgan fingerprint density at radius 1 is 1.00 bits per heavy atom. The molecule has 0 spiro atoms. The summed E-state index contributed by atoms with van der Waals surface area (Å²) in [5.41, 5.74) is 5.50. The van der Waals surface area contributed by atoms with Gasteiger partial charge in [0, 0.05) is 23.9 Å². The average molecular weight is 322 g/mol. The van der Waals surface area contributed by atoms with E-state index in [9.17, 15) is 0 Å². The van der Waals surface area contributed by atoms with Crippen LogP contribution < -0.4 is 4.74 Å². The zero-order chi connectivity index (χ0) is 16.4. The van der Waals surface area contributed by atoms with Gasteiger partial charge >= 0.3 is 0 Å². The largest absolute Gasteiger partial charge is 0.481 e. The van der Waals surface area contributed by atoms with Gasteiger partial charge in [-0.25, -0.2) is 4.98 Å². The van der Waals surface area contributed by atoms with Crippen molar-refractivity contribution in [1.82, 2.24) is 9.88 Å². The van der Waals surface area contributed by atoms with Crippen molar-refractivity contribution in [3.05, 3.63) is 47.7 Å². The number of nitrogens with zero attached hydrogens (tertiary/aromatic N) is 2. The number of aromatic nitrogens is 1. The number of piperidine rings is 1. The molecule has 2 heterocycles. The van der Waals surface area contributed by atoms with E-state index < -0.39 is 0 Å². The third-order valence-corrected chi connectivity index (χ3v) is 5.59. The number of aryl methyl sites for hydroxylation is 1. The van der Waals surface area contributed by atoms with Crippen LogP contribution in [0.25, 0.3) is 11.1 Å². The Morgan fingerprint density at radius 2 is 1.83 bits per heavy atom. The number of methoxy groups -OCH3 is 1. The van der Waals surface area contributed by atoms with Crippen LogP contribution in [0, 0.1) is 0 Å². The van der Waals surface area contributed by atoms with Gasteiger partial charge in [0.05, 0.1) is 7.11 Å². The first-order valence-electron chi connectivity index (χ1n) is 9.20. The molecule has 1 atom stereocenters. The maximum atomic E-state index is 5.15. The topological polar surface area (TPSA) is 25.4 Å². The Bertz CT molecular complexity index is 689. The molecule has 2 aromatic rings. The summed E-state index contributed by atoms with van der Waals surface area (Å²) in [5, 5.41) is 0. The SMILES string of the molecule is COc1ccc(-c2ccc3c(c2)CCC(N2CCCCC2)C3)cn1. The highest BCUT2D eigenvalue weighted by Crippen LogP contribution is 2.30. The van der Waals surface area contributed by atoms with Crippen LogP contribution in [-0.2, 0) is 12.8 Å². The molecular formula is C21H26N2O. The van der Waals surface area contributed by atoms with Crippen molar-refractivity contribution in [2.24, 2.45) is 0 Å². The van der Waals surface area contributed by atoms with Gasteiger partial charge in [0.1, 0.15) is 0 Å². The van der Waals surface area contributed by atoms with Gasteiger partial charge in [-0.2, -0.15) is 0 Å². The predicted molar refractivity (Wildman–Crippen MR) is 97.5 cm³/mol. The maximum absolute atomic E-state index is 5.15. The van der Waals surface area contributed by atoms with Crippen molar-refractivity contribution in [3.63, 3.8) is 0 Å². The summed E-state index contributed by atoms with van der Waals surface area (Å²) in [4.78, 5) is 7.06. The van der Waals surface area contributed by atoms with Gasteiger partial charge < -0.3 is 9.64 Å². The minimum Gasteiger partial charge on any atom is -0.481 e. The van der Waals surface area contributed by atoms with Crippen LogP contribution in [-0.4, -0.2) is 36.1 Å². The lowest BCUT2D eigenvalue weighted by Gasteiger charge is -2.37. The van der Waals surface area contributed by atoms with Gasteiger partial charge in [0.2, 0.25) is 5.88 Å². The zero-order valence-corrected chi connectivity index (χ0v) is 14.5. The number of fused-ring (bicyclic) bond motifs is 1. The van der Waals surface area contributed by atoms with E-state index in [1.165, 1.54) is 62.7 Å². The molecule has 0 bridgehead atoms.